The molecular weight excluding hydrogens is 440 g/mol. The zero-order valence-electron chi connectivity index (χ0n) is 21.4. The van der Waals surface area contributed by atoms with Crippen molar-refractivity contribution in [1.29, 1.82) is 0 Å². The largest absolute Gasteiger partial charge is 0.479 e. The maximum absolute atomic E-state index is 13.6. The molecule has 2 N–H and O–H groups in total. The molecule has 1 aliphatic heterocycles. The molecule has 1 aromatic heterocycles. The van der Waals surface area contributed by atoms with Gasteiger partial charge in [-0.15, -0.1) is 0 Å². The van der Waals surface area contributed by atoms with Gasteiger partial charge in [-0.2, -0.15) is 0 Å². The third-order valence-electron chi connectivity index (χ3n) is 7.56. The highest BCUT2D eigenvalue weighted by Crippen LogP contribution is 2.51. The van der Waals surface area contributed by atoms with Crippen molar-refractivity contribution in [2.24, 2.45) is 0 Å². The molecule has 0 bridgehead atoms. The number of fused-ring (bicyclic) bond motifs is 1. The van der Waals surface area contributed by atoms with E-state index in [0.29, 0.717) is 11.3 Å². The van der Waals surface area contributed by atoms with Gasteiger partial charge in [0.15, 0.2) is 6.10 Å². The number of aromatic nitrogens is 1. The van der Waals surface area contributed by atoms with Crippen LogP contribution in [0.1, 0.15) is 74.9 Å². The molecule has 5 rings (SSSR count). The lowest BCUT2D eigenvalue weighted by Crippen LogP contribution is -2.46. The van der Waals surface area contributed by atoms with Gasteiger partial charge >= 0.3 is 5.97 Å². The Morgan fingerprint density at radius 3 is 2.31 bits per heavy atom. The summed E-state index contributed by atoms with van der Waals surface area (Å²) in [4.78, 5) is 26.2. The van der Waals surface area contributed by atoms with E-state index < -0.39 is 23.2 Å². The number of ether oxygens (including phenoxy) is 1. The molecular formula is C29H34N2O4. The van der Waals surface area contributed by atoms with Crippen molar-refractivity contribution in [3.8, 4) is 11.1 Å². The number of aryl methyl sites for hydroxylation is 2. The number of carboxylic acid groups (broad SMARTS) is 1. The lowest BCUT2D eigenvalue weighted by atomic mass is 9.85. The van der Waals surface area contributed by atoms with Gasteiger partial charge in [0.25, 0.3) is 5.91 Å². The van der Waals surface area contributed by atoms with Crippen LogP contribution in [0, 0.1) is 20.8 Å². The number of carbonyl (C=O) groups is 2. The number of amides is 1. The first-order valence-electron chi connectivity index (χ1n) is 12.4. The van der Waals surface area contributed by atoms with Gasteiger partial charge < -0.3 is 19.7 Å². The zero-order valence-corrected chi connectivity index (χ0v) is 21.4. The first kappa shape index (κ1) is 23.6. The maximum atomic E-state index is 13.6. The summed E-state index contributed by atoms with van der Waals surface area (Å²) in [5, 5.41) is 14.5. The van der Waals surface area contributed by atoms with E-state index in [0.717, 1.165) is 64.5 Å². The highest BCUT2D eigenvalue weighted by Gasteiger charge is 2.48. The van der Waals surface area contributed by atoms with Crippen LogP contribution < -0.4 is 5.32 Å². The van der Waals surface area contributed by atoms with Gasteiger partial charge in [0.2, 0.25) is 0 Å². The van der Waals surface area contributed by atoms with Crippen LogP contribution in [0.25, 0.3) is 22.0 Å². The third kappa shape index (κ3) is 3.57. The summed E-state index contributed by atoms with van der Waals surface area (Å²) in [5.74, 6) is -1.04. The highest BCUT2D eigenvalue weighted by atomic mass is 16.5. The molecule has 6 nitrogen and oxygen atoms in total. The molecule has 35 heavy (non-hydrogen) atoms. The molecule has 0 unspecified atom stereocenters. The Kier molecular flexibility index (Phi) is 5.37. The summed E-state index contributed by atoms with van der Waals surface area (Å²) in [6.45, 7) is 11.6. The lowest BCUT2D eigenvalue weighted by molar-refractivity contribution is -0.160. The Bertz CT molecular complexity index is 1350. The highest BCUT2D eigenvalue weighted by molar-refractivity contribution is 6.14. The van der Waals surface area contributed by atoms with Gasteiger partial charge in [-0.25, -0.2) is 4.79 Å². The second kappa shape index (κ2) is 7.95. The molecule has 0 saturated heterocycles. The second-order valence-electron chi connectivity index (χ2n) is 11.2. The Morgan fingerprint density at radius 1 is 1.11 bits per heavy atom. The van der Waals surface area contributed by atoms with Crippen LogP contribution in [0.2, 0.25) is 0 Å². The summed E-state index contributed by atoms with van der Waals surface area (Å²) in [5.41, 5.74) is 5.73. The molecule has 1 aliphatic carbocycles. The predicted molar refractivity (Wildman–Crippen MR) is 138 cm³/mol. The minimum atomic E-state index is -1.19. The topological polar surface area (TPSA) is 80.6 Å². The van der Waals surface area contributed by atoms with Gasteiger partial charge in [0.05, 0.1) is 16.8 Å². The predicted octanol–water partition coefficient (Wildman–Crippen LogP) is 6.40. The molecule has 1 amide bonds. The SMILES string of the molecule is Cc1ccc(-c2c([C@H](OC(C)(C)C)C(=O)O)c(C)c3c4c2cc(C)n4C2(CCCC2)C(=O)N3)cc1. The quantitative estimate of drug-likeness (QED) is 0.459. The molecule has 1 saturated carbocycles. The molecule has 2 heterocycles. The Hall–Kier alpha value is -3.12. The van der Waals surface area contributed by atoms with Crippen molar-refractivity contribution < 1.29 is 19.4 Å². The fraction of sp³-hybridized carbons (Fsp3) is 0.448. The van der Waals surface area contributed by atoms with E-state index in [2.05, 4.69) is 22.9 Å². The fourth-order valence-electron chi connectivity index (χ4n) is 6.11. The number of nitrogens with one attached hydrogen (secondary N) is 1. The number of carboxylic acids is 1. The summed E-state index contributed by atoms with van der Waals surface area (Å²) >= 11 is 0. The van der Waals surface area contributed by atoms with Gasteiger partial charge in [0.1, 0.15) is 5.54 Å². The van der Waals surface area contributed by atoms with Crippen LogP contribution in [-0.2, 0) is 19.9 Å². The van der Waals surface area contributed by atoms with Crippen molar-refractivity contribution in [2.45, 2.75) is 84.5 Å². The molecule has 1 atom stereocenters. The van der Waals surface area contributed by atoms with Gasteiger partial charge in [-0.05, 0) is 77.1 Å². The van der Waals surface area contributed by atoms with Crippen LogP contribution >= 0.6 is 0 Å². The van der Waals surface area contributed by atoms with E-state index in [9.17, 15) is 14.7 Å². The molecule has 3 aromatic rings. The molecule has 0 radical (unpaired) electrons. The first-order chi connectivity index (χ1) is 16.4. The second-order valence-corrected chi connectivity index (χ2v) is 11.2. The van der Waals surface area contributed by atoms with Crippen LogP contribution in [0.4, 0.5) is 5.69 Å². The molecule has 2 aromatic carbocycles. The smallest absolute Gasteiger partial charge is 0.337 e. The maximum Gasteiger partial charge on any atom is 0.337 e. The molecule has 1 fully saturated rings. The number of carbonyl (C=O) groups excluding carboxylic acids is 1. The summed E-state index contributed by atoms with van der Waals surface area (Å²) in [6.07, 6.45) is 2.48. The normalized spacial score (nSPS) is 17.7. The van der Waals surface area contributed by atoms with Crippen molar-refractivity contribution in [2.75, 3.05) is 5.32 Å². The minimum Gasteiger partial charge on any atom is -0.479 e. The standard InChI is InChI=1S/C29H34N2O4/c1-16-9-11-19(12-10-16)22-20-15-17(2)31-24(20)23(30-27(34)29(31)13-7-8-14-29)18(3)21(22)25(26(32)33)35-28(4,5)6/h9-12,15,25H,7-8,13-14H2,1-6H3,(H,30,34)(H,32,33)/t25-/m0/s1. The Morgan fingerprint density at radius 2 is 1.74 bits per heavy atom. The molecule has 6 heteroatoms. The molecule has 2 aliphatic rings. The number of anilines is 1. The number of nitrogens with zero attached hydrogens (tertiary/aromatic N) is 1. The van der Waals surface area contributed by atoms with Crippen molar-refractivity contribution in [3.63, 3.8) is 0 Å². The van der Waals surface area contributed by atoms with Crippen LogP contribution in [0.3, 0.4) is 0 Å². The molecule has 184 valence electrons. The number of benzene rings is 2. The van der Waals surface area contributed by atoms with Gasteiger partial charge in [0, 0.05) is 16.6 Å². The lowest BCUT2D eigenvalue weighted by Gasteiger charge is -2.38. The van der Waals surface area contributed by atoms with Crippen molar-refractivity contribution in [3.05, 3.63) is 52.7 Å². The average molecular weight is 475 g/mol. The number of hydrogen-bond acceptors (Lipinski definition) is 3. The summed E-state index contributed by atoms with van der Waals surface area (Å²) < 4.78 is 8.39. The van der Waals surface area contributed by atoms with Crippen molar-refractivity contribution >= 4 is 28.5 Å². The summed E-state index contributed by atoms with van der Waals surface area (Å²) in [7, 11) is 0. The van der Waals surface area contributed by atoms with Crippen molar-refractivity contribution in [1.82, 2.24) is 4.57 Å². The van der Waals surface area contributed by atoms with E-state index in [-0.39, 0.29) is 5.91 Å². The van der Waals surface area contributed by atoms with E-state index >= 15 is 0 Å². The zero-order chi connectivity index (χ0) is 25.3. The Balaban J connectivity index is 1.92. The van der Waals surface area contributed by atoms with Crippen LogP contribution in [0.15, 0.2) is 30.3 Å². The van der Waals surface area contributed by atoms with Gasteiger partial charge in [-0.1, -0.05) is 42.7 Å². The first-order valence-corrected chi connectivity index (χ1v) is 12.4. The number of hydrogen-bond donors (Lipinski definition) is 2. The number of rotatable bonds is 4. The third-order valence-corrected chi connectivity index (χ3v) is 7.56. The fourth-order valence-corrected chi connectivity index (χ4v) is 6.11. The number of aliphatic carboxylic acids is 1. The van der Waals surface area contributed by atoms with E-state index in [1.807, 2.05) is 58.9 Å². The van der Waals surface area contributed by atoms with Crippen LogP contribution in [0.5, 0.6) is 0 Å². The van der Waals surface area contributed by atoms with Crippen LogP contribution in [-0.4, -0.2) is 27.2 Å². The Labute approximate surface area is 206 Å². The summed E-state index contributed by atoms with van der Waals surface area (Å²) in [6, 6.07) is 10.3. The van der Waals surface area contributed by atoms with E-state index in [4.69, 9.17) is 4.74 Å². The monoisotopic (exact) mass is 474 g/mol. The van der Waals surface area contributed by atoms with E-state index in [1.165, 1.54) is 0 Å². The molecule has 1 spiro atoms. The average Bonchev–Trinajstić information content (AvgIpc) is 3.38. The minimum absolute atomic E-state index is 0.00357. The van der Waals surface area contributed by atoms with Gasteiger partial charge in [-0.3, -0.25) is 4.79 Å². The van der Waals surface area contributed by atoms with E-state index in [1.54, 1.807) is 0 Å².